The second-order valence-corrected chi connectivity index (χ2v) is 1.51. The smallest absolute Gasteiger partial charge is 0.108 e. The number of hydrogen-bond acceptors (Lipinski definition) is 2. The highest BCUT2D eigenvalue weighted by molar-refractivity contribution is 4.88. The molecule has 2 heteroatoms. The van der Waals surface area contributed by atoms with Gasteiger partial charge in [-0.05, 0) is 6.92 Å². The lowest BCUT2D eigenvalue weighted by molar-refractivity contribution is -0.309. The van der Waals surface area contributed by atoms with Crippen molar-refractivity contribution in [1.29, 1.82) is 0 Å². The van der Waals surface area contributed by atoms with Crippen molar-refractivity contribution >= 4 is 0 Å². The van der Waals surface area contributed by atoms with E-state index in [1.807, 2.05) is 19.1 Å². The number of hydrogen-bond donors (Lipinski definition) is 0. The van der Waals surface area contributed by atoms with Crippen LogP contribution in [0.5, 0.6) is 0 Å². The maximum Gasteiger partial charge on any atom is 0.108 e. The Morgan fingerprint density at radius 2 is 2.57 bits per heavy atom. The van der Waals surface area contributed by atoms with Crippen molar-refractivity contribution < 1.29 is 9.78 Å². The Balaban J connectivity index is 2.36. The molecule has 1 atom stereocenters. The molecule has 2 nitrogen and oxygen atoms in total. The van der Waals surface area contributed by atoms with E-state index in [-0.39, 0.29) is 6.10 Å². The van der Waals surface area contributed by atoms with E-state index in [4.69, 9.17) is 4.89 Å². The monoisotopic (exact) mass is 100 g/mol. The van der Waals surface area contributed by atoms with Gasteiger partial charge < -0.3 is 0 Å². The normalized spacial score (nSPS) is 30.7. The fraction of sp³-hybridized carbons (Fsp3) is 0.600. The van der Waals surface area contributed by atoms with Crippen LogP contribution in [0, 0.1) is 0 Å². The van der Waals surface area contributed by atoms with Crippen molar-refractivity contribution in [2.75, 3.05) is 6.61 Å². The molecule has 0 spiro atoms. The van der Waals surface area contributed by atoms with E-state index in [9.17, 15) is 0 Å². The minimum atomic E-state index is 0.133. The van der Waals surface area contributed by atoms with Crippen molar-refractivity contribution in [3.8, 4) is 0 Å². The highest BCUT2D eigenvalue weighted by Crippen LogP contribution is 1.98. The maximum absolute atomic E-state index is 4.69. The summed E-state index contributed by atoms with van der Waals surface area (Å²) in [7, 11) is 0. The van der Waals surface area contributed by atoms with Gasteiger partial charge >= 0.3 is 0 Å². The summed E-state index contributed by atoms with van der Waals surface area (Å²) in [5, 5.41) is 0. The summed E-state index contributed by atoms with van der Waals surface area (Å²) in [5.74, 6) is 0. The summed E-state index contributed by atoms with van der Waals surface area (Å²) in [6.45, 7) is 2.51. The predicted molar refractivity (Wildman–Crippen MR) is 25.6 cm³/mol. The summed E-state index contributed by atoms with van der Waals surface area (Å²) in [6.07, 6.45) is 4.03. The fourth-order valence-corrected chi connectivity index (χ4v) is 0.465. The Hall–Kier alpha value is -0.340. The first-order chi connectivity index (χ1) is 3.39. The summed E-state index contributed by atoms with van der Waals surface area (Å²) >= 11 is 0. The van der Waals surface area contributed by atoms with Crippen molar-refractivity contribution in [2.24, 2.45) is 0 Å². The predicted octanol–water partition coefficient (Wildman–Crippen LogP) is 0.893. The molecule has 0 fully saturated rings. The second-order valence-electron chi connectivity index (χ2n) is 1.51. The van der Waals surface area contributed by atoms with Crippen LogP contribution in [0.3, 0.4) is 0 Å². The molecule has 0 aromatic rings. The van der Waals surface area contributed by atoms with E-state index in [2.05, 4.69) is 4.89 Å². The zero-order chi connectivity index (χ0) is 5.11. The third kappa shape index (κ3) is 1.29. The molecule has 0 aliphatic carbocycles. The van der Waals surface area contributed by atoms with E-state index < -0.39 is 0 Å². The summed E-state index contributed by atoms with van der Waals surface area (Å²) in [6, 6.07) is 0. The molecule has 0 aromatic heterocycles. The second kappa shape index (κ2) is 2.09. The van der Waals surface area contributed by atoms with Gasteiger partial charge in [0, 0.05) is 0 Å². The molecule has 1 unspecified atom stereocenters. The minimum Gasteiger partial charge on any atom is -0.232 e. The van der Waals surface area contributed by atoms with Gasteiger partial charge in [0.05, 0.1) is 0 Å². The van der Waals surface area contributed by atoms with Gasteiger partial charge in [-0.3, -0.25) is 0 Å². The third-order valence-corrected chi connectivity index (χ3v) is 0.791. The molecule has 0 saturated carbocycles. The quantitative estimate of drug-likeness (QED) is 0.332. The minimum absolute atomic E-state index is 0.133. The molecule has 0 radical (unpaired) electrons. The Morgan fingerprint density at radius 1 is 1.71 bits per heavy atom. The van der Waals surface area contributed by atoms with E-state index in [0.717, 1.165) is 0 Å². The van der Waals surface area contributed by atoms with Crippen LogP contribution in [0.25, 0.3) is 0 Å². The van der Waals surface area contributed by atoms with Crippen molar-refractivity contribution in [3.63, 3.8) is 0 Å². The third-order valence-electron chi connectivity index (χ3n) is 0.791. The molecule has 0 saturated heterocycles. The Morgan fingerprint density at radius 3 is 2.86 bits per heavy atom. The largest absolute Gasteiger partial charge is 0.232 e. The zero-order valence-corrected chi connectivity index (χ0v) is 4.26. The molecule has 0 amide bonds. The van der Waals surface area contributed by atoms with E-state index in [1.165, 1.54) is 0 Å². The van der Waals surface area contributed by atoms with Crippen molar-refractivity contribution in [2.45, 2.75) is 13.0 Å². The Labute approximate surface area is 42.7 Å². The summed E-state index contributed by atoms with van der Waals surface area (Å²) < 4.78 is 0. The fourth-order valence-electron chi connectivity index (χ4n) is 0.465. The standard InChI is InChI=1S/C5H8O2/c1-5-3-2-4-6-7-5/h2-3,5H,4H2,1H3. The maximum atomic E-state index is 4.69. The number of rotatable bonds is 0. The molecule has 1 aliphatic heterocycles. The van der Waals surface area contributed by atoms with E-state index in [0.29, 0.717) is 6.61 Å². The van der Waals surface area contributed by atoms with Crippen LogP contribution in [0.4, 0.5) is 0 Å². The lowest BCUT2D eigenvalue weighted by Crippen LogP contribution is -2.10. The van der Waals surface area contributed by atoms with E-state index in [1.54, 1.807) is 0 Å². The van der Waals surface area contributed by atoms with E-state index >= 15 is 0 Å². The average molecular weight is 100 g/mol. The van der Waals surface area contributed by atoms with Gasteiger partial charge in [-0.25, -0.2) is 9.78 Å². The van der Waals surface area contributed by atoms with Crippen LogP contribution < -0.4 is 0 Å². The van der Waals surface area contributed by atoms with Crippen LogP contribution in [0.15, 0.2) is 12.2 Å². The molecule has 0 N–H and O–H groups in total. The van der Waals surface area contributed by atoms with Crippen LogP contribution in [0.2, 0.25) is 0 Å². The summed E-state index contributed by atoms with van der Waals surface area (Å²) in [4.78, 5) is 9.29. The molecule has 7 heavy (non-hydrogen) atoms. The highest BCUT2D eigenvalue weighted by atomic mass is 17.2. The van der Waals surface area contributed by atoms with Gasteiger partial charge in [0.25, 0.3) is 0 Å². The van der Waals surface area contributed by atoms with Gasteiger partial charge in [0.1, 0.15) is 12.7 Å². The topological polar surface area (TPSA) is 18.5 Å². The molecule has 0 bridgehead atoms. The molecular formula is C5H8O2. The van der Waals surface area contributed by atoms with Crippen molar-refractivity contribution in [3.05, 3.63) is 12.2 Å². The molecule has 40 valence electrons. The Bertz CT molecular complexity index is 78.1. The van der Waals surface area contributed by atoms with Crippen molar-refractivity contribution in [1.82, 2.24) is 0 Å². The van der Waals surface area contributed by atoms with Gasteiger partial charge in [-0.15, -0.1) is 0 Å². The van der Waals surface area contributed by atoms with Crippen LogP contribution in [-0.2, 0) is 9.78 Å². The zero-order valence-electron chi connectivity index (χ0n) is 4.26. The van der Waals surface area contributed by atoms with Gasteiger partial charge in [-0.1, -0.05) is 12.2 Å². The average Bonchev–Trinajstić information content (AvgIpc) is 1.69. The van der Waals surface area contributed by atoms with Gasteiger partial charge in [-0.2, -0.15) is 0 Å². The van der Waals surface area contributed by atoms with Gasteiger partial charge in [0.2, 0.25) is 0 Å². The summed E-state index contributed by atoms with van der Waals surface area (Å²) in [5.41, 5.74) is 0. The SMILES string of the molecule is CC1C=CCOO1. The van der Waals surface area contributed by atoms with Crippen LogP contribution >= 0.6 is 0 Å². The Kier molecular flexibility index (Phi) is 1.44. The first-order valence-corrected chi connectivity index (χ1v) is 2.34. The first-order valence-electron chi connectivity index (χ1n) is 2.34. The van der Waals surface area contributed by atoms with Crippen LogP contribution in [0.1, 0.15) is 6.92 Å². The van der Waals surface area contributed by atoms with Crippen LogP contribution in [-0.4, -0.2) is 12.7 Å². The molecule has 0 aromatic carbocycles. The molecule has 1 aliphatic rings. The lowest BCUT2D eigenvalue weighted by Gasteiger charge is -2.09. The lowest BCUT2D eigenvalue weighted by atomic mass is 10.3. The molecular weight excluding hydrogens is 92.1 g/mol. The molecule has 1 heterocycles. The first kappa shape index (κ1) is 4.81. The van der Waals surface area contributed by atoms with Gasteiger partial charge in [0.15, 0.2) is 0 Å². The molecule has 1 rings (SSSR count). The highest BCUT2D eigenvalue weighted by Gasteiger charge is 1.99.